The van der Waals surface area contributed by atoms with Crippen molar-refractivity contribution in [1.29, 1.82) is 0 Å². The monoisotopic (exact) mass is 363 g/mol. The van der Waals surface area contributed by atoms with Crippen LogP contribution in [0.15, 0.2) is 60.1 Å². The molecule has 2 heterocycles. The first kappa shape index (κ1) is 16.5. The zero-order valence-electron chi connectivity index (χ0n) is 14.4. The Morgan fingerprint density at radius 1 is 1.04 bits per heavy atom. The van der Waals surface area contributed by atoms with Crippen LogP contribution in [0.3, 0.4) is 0 Å². The van der Waals surface area contributed by atoms with Crippen LogP contribution in [0, 0.1) is 10.1 Å². The first-order valence-corrected chi connectivity index (χ1v) is 9.23. The predicted octanol–water partition coefficient (Wildman–Crippen LogP) is 5.76. The van der Waals surface area contributed by atoms with Gasteiger partial charge in [-0.15, -0.1) is 11.3 Å². The van der Waals surface area contributed by atoms with Crippen LogP contribution in [-0.4, -0.2) is 14.3 Å². The molecule has 0 saturated heterocycles. The van der Waals surface area contributed by atoms with Crippen molar-refractivity contribution in [3.8, 4) is 22.5 Å². The van der Waals surface area contributed by atoms with E-state index in [1.165, 1.54) is 17.7 Å². The summed E-state index contributed by atoms with van der Waals surface area (Å²) >= 11 is 1.57. The second-order valence-corrected chi connectivity index (χ2v) is 7.32. The maximum atomic E-state index is 10.9. The van der Waals surface area contributed by atoms with E-state index < -0.39 is 0 Å². The first-order valence-electron chi connectivity index (χ1n) is 8.35. The lowest BCUT2D eigenvalue weighted by Gasteiger charge is -2.08. The van der Waals surface area contributed by atoms with Crippen LogP contribution >= 0.6 is 11.3 Å². The molecule has 0 radical (unpaired) electrons. The van der Waals surface area contributed by atoms with Gasteiger partial charge in [0.25, 0.3) is 5.69 Å². The fourth-order valence-corrected chi connectivity index (χ4v) is 3.74. The molecule has 130 valence electrons. The summed E-state index contributed by atoms with van der Waals surface area (Å²) in [5.74, 6) is 0.477. The zero-order valence-corrected chi connectivity index (χ0v) is 15.2. The number of aromatic nitrogens is 2. The Labute approximate surface area is 154 Å². The molecule has 2 aromatic heterocycles. The van der Waals surface area contributed by atoms with Crippen LogP contribution in [0.5, 0.6) is 0 Å². The number of nitrogens with zero attached hydrogens (tertiary/aromatic N) is 3. The average molecular weight is 363 g/mol. The van der Waals surface area contributed by atoms with Gasteiger partial charge in [0.05, 0.1) is 16.3 Å². The molecule has 0 aliphatic carbocycles. The fraction of sp³-hybridized carbons (Fsp3) is 0.150. The Kier molecular flexibility index (Phi) is 4.05. The van der Waals surface area contributed by atoms with Gasteiger partial charge in [-0.2, -0.15) is 0 Å². The molecule has 2 aromatic carbocycles. The highest BCUT2D eigenvalue weighted by Gasteiger charge is 2.17. The van der Waals surface area contributed by atoms with Gasteiger partial charge < -0.3 is 0 Å². The van der Waals surface area contributed by atoms with Gasteiger partial charge in [0.15, 0.2) is 4.96 Å². The summed E-state index contributed by atoms with van der Waals surface area (Å²) in [6, 6.07) is 15.1. The second kappa shape index (κ2) is 6.38. The standard InChI is InChI=1S/C20H17N3O2S/c1-13(2)14-3-5-16(6-4-14)19-18(21-20-22(19)11-12-26-20)15-7-9-17(10-8-15)23(24)25/h3-13H,1-2H3. The van der Waals surface area contributed by atoms with Gasteiger partial charge in [-0.25, -0.2) is 4.98 Å². The Morgan fingerprint density at radius 2 is 1.69 bits per heavy atom. The lowest BCUT2D eigenvalue weighted by molar-refractivity contribution is -0.384. The molecule has 4 aromatic rings. The van der Waals surface area contributed by atoms with Gasteiger partial charge in [0.2, 0.25) is 0 Å². The maximum Gasteiger partial charge on any atom is 0.269 e. The van der Waals surface area contributed by atoms with Crippen LogP contribution in [0.2, 0.25) is 0 Å². The molecule has 6 heteroatoms. The number of fused-ring (bicyclic) bond motifs is 1. The van der Waals surface area contributed by atoms with Crippen molar-refractivity contribution in [3.05, 3.63) is 75.8 Å². The molecule has 0 aliphatic rings. The number of nitro benzene ring substituents is 1. The lowest BCUT2D eigenvalue weighted by Crippen LogP contribution is -1.91. The minimum Gasteiger partial charge on any atom is -0.290 e. The number of thiazole rings is 1. The number of hydrogen-bond acceptors (Lipinski definition) is 4. The normalized spacial score (nSPS) is 11.3. The van der Waals surface area contributed by atoms with Crippen molar-refractivity contribution in [2.24, 2.45) is 0 Å². The molecule has 0 saturated carbocycles. The van der Waals surface area contributed by atoms with Crippen molar-refractivity contribution in [3.63, 3.8) is 0 Å². The molecule has 0 fully saturated rings. The SMILES string of the molecule is CC(C)c1ccc(-c2c(-c3ccc([N+](=O)[O-])cc3)nc3sccn23)cc1. The summed E-state index contributed by atoms with van der Waals surface area (Å²) in [6.07, 6.45) is 2.01. The average Bonchev–Trinajstić information content (AvgIpc) is 3.23. The van der Waals surface area contributed by atoms with E-state index in [1.54, 1.807) is 23.5 Å². The highest BCUT2D eigenvalue weighted by atomic mass is 32.1. The third-order valence-electron chi connectivity index (χ3n) is 4.46. The van der Waals surface area contributed by atoms with Gasteiger partial charge >= 0.3 is 0 Å². The van der Waals surface area contributed by atoms with Crippen LogP contribution in [0.4, 0.5) is 5.69 Å². The Balaban J connectivity index is 1.87. The van der Waals surface area contributed by atoms with Gasteiger partial charge in [-0.3, -0.25) is 14.5 Å². The van der Waals surface area contributed by atoms with Crippen LogP contribution < -0.4 is 0 Å². The predicted molar refractivity (Wildman–Crippen MR) is 105 cm³/mol. The minimum absolute atomic E-state index is 0.0811. The summed E-state index contributed by atoms with van der Waals surface area (Å²) in [6.45, 7) is 4.35. The quantitative estimate of drug-likeness (QED) is 0.342. The lowest BCUT2D eigenvalue weighted by atomic mass is 9.99. The van der Waals surface area contributed by atoms with Gasteiger partial charge in [-0.1, -0.05) is 38.1 Å². The maximum absolute atomic E-state index is 10.9. The number of benzene rings is 2. The van der Waals surface area contributed by atoms with Crippen molar-refractivity contribution in [1.82, 2.24) is 9.38 Å². The van der Waals surface area contributed by atoms with Crippen molar-refractivity contribution in [2.45, 2.75) is 19.8 Å². The molecule has 0 bridgehead atoms. The number of imidazole rings is 1. The molecule has 26 heavy (non-hydrogen) atoms. The minimum atomic E-state index is -0.388. The number of non-ortho nitro benzene ring substituents is 1. The third-order valence-corrected chi connectivity index (χ3v) is 5.22. The molecule has 0 aliphatic heterocycles. The van der Waals surface area contributed by atoms with E-state index in [1.807, 2.05) is 11.6 Å². The van der Waals surface area contributed by atoms with Gasteiger partial charge in [0.1, 0.15) is 0 Å². The molecule has 0 atom stereocenters. The summed E-state index contributed by atoms with van der Waals surface area (Å²) in [4.78, 5) is 16.2. The van der Waals surface area contributed by atoms with Crippen molar-refractivity contribution >= 4 is 22.0 Å². The zero-order chi connectivity index (χ0) is 18.3. The Hall–Kier alpha value is -2.99. The molecule has 0 unspecified atom stereocenters. The van der Waals surface area contributed by atoms with Gasteiger partial charge in [0, 0.05) is 34.8 Å². The second-order valence-electron chi connectivity index (χ2n) is 6.45. The largest absolute Gasteiger partial charge is 0.290 e. The van der Waals surface area contributed by atoms with E-state index in [-0.39, 0.29) is 10.6 Å². The molecule has 0 amide bonds. The van der Waals surface area contributed by atoms with E-state index in [4.69, 9.17) is 4.98 Å². The highest BCUT2D eigenvalue weighted by Crippen LogP contribution is 2.35. The fourth-order valence-electron chi connectivity index (χ4n) is 3.03. The molecule has 4 rings (SSSR count). The molecular formula is C20H17N3O2S. The molecular weight excluding hydrogens is 346 g/mol. The van der Waals surface area contributed by atoms with E-state index in [0.29, 0.717) is 5.92 Å². The van der Waals surface area contributed by atoms with E-state index in [9.17, 15) is 10.1 Å². The van der Waals surface area contributed by atoms with Crippen LogP contribution in [0.1, 0.15) is 25.3 Å². The van der Waals surface area contributed by atoms with Gasteiger partial charge in [-0.05, 0) is 23.6 Å². The number of nitro groups is 1. The van der Waals surface area contributed by atoms with Crippen molar-refractivity contribution in [2.75, 3.05) is 0 Å². The molecule has 5 nitrogen and oxygen atoms in total. The highest BCUT2D eigenvalue weighted by molar-refractivity contribution is 7.15. The summed E-state index contributed by atoms with van der Waals surface area (Å²) in [5, 5.41) is 12.9. The molecule has 0 N–H and O–H groups in total. The number of rotatable bonds is 4. The Bertz CT molecular complexity index is 1080. The molecule has 0 spiro atoms. The van der Waals surface area contributed by atoms with Crippen LogP contribution in [0.25, 0.3) is 27.5 Å². The Morgan fingerprint density at radius 3 is 2.31 bits per heavy atom. The van der Waals surface area contributed by atoms with E-state index in [0.717, 1.165) is 27.5 Å². The third kappa shape index (κ3) is 2.78. The summed E-state index contributed by atoms with van der Waals surface area (Å²) in [7, 11) is 0. The number of hydrogen-bond donors (Lipinski definition) is 0. The topological polar surface area (TPSA) is 60.4 Å². The van der Waals surface area contributed by atoms with Crippen LogP contribution in [-0.2, 0) is 0 Å². The van der Waals surface area contributed by atoms with E-state index >= 15 is 0 Å². The summed E-state index contributed by atoms with van der Waals surface area (Å²) in [5.41, 5.74) is 5.16. The smallest absolute Gasteiger partial charge is 0.269 e. The van der Waals surface area contributed by atoms with E-state index in [2.05, 4.69) is 42.5 Å². The first-order chi connectivity index (χ1) is 12.5. The van der Waals surface area contributed by atoms with Crippen molar-refractivity contribution < 1.29 is 4.92 Å². The summed E-state index contributed by atoms with van der Waals surface area (Å²) < 4.78 is 2.08.